The summed E-state index contributed by atoms with van der Waals surface area (Å²) in [6, 6.07) is 9.63. The fraction of sp³-hybridized carbons (Fsp3) is 0.346. The van der Waals surface area contributed by atoms with Crippen LogP contribution in [-0.4, -0.2) is 56.3 Å². The van der Waals surface area contributed by atoms with Crippen LogP contribution in [-0.2, 0) is 4.79 Å². The highest BCUT2D eigenvalue weighted by Crippen LogP contribution is 2.26. The van der Waals surface area contributed by atoms with Gasteiger partial charge in [0.1, 0.15) is 12.5 Å². The van der Waals surface area contributed by atoms with Crippen molar-refractivity contribution in [3.63, 3.8) is 0 Å². The Morgan fingerprint density at radius 3 is 2.81 bits per heavy atom. The number of piperidine rings is 1. The Labute approximate surface area is 208 Å². The zero-order valence-corrected chi connectivity index (χ0v) is 20.4. The first-order valence-corrected chi connectivity index (χ1v) is 12.2. The summed E-state index contributed by atoms with van der Waals surface area (Å²) in [5.74, 6) is 1.39. The molecule has 4 aromatic heterocycles. The summed E-state index contributed by atoms with van der Waals surface area (Å²) in [5.41, 5.74) is 4.75. The Bertz CT molecular complexity index is 1350. The minimum atomic E-state index is -0.432. The molecular formula is C26H29FN8O. The van der Waals surface area contributed by atoms with Gasteiger partial charge < -0.3 is 15.5 Å². The highest BCUT2D eigenvalue weighted by atomic mass is 19.1. The van der Waals surface area contributed by atoms with Crippen LogP contribution >= 0.6 is 0 Å². The maximum atomic E-state index is 12.6. The van der Waals surface area contributed by atoms with Crippen LogP contribution in [0.5, 0.6) is 0 Å². The number of rotatable bonds is 8. The van der Waals surface area contributed by atoms with Crippen LogP contribution in [0, 0.1) is 0 Å². The fourth-order valence-electron chi connectivity index (χ4n) is 4.46. The van der Waals surface area contributed by atoms with Gasteiger partial charge in [-0.15, -0.1) is 0 Å². The van der Waals surface area contributed by atoms with E-state index in [4.69, 9.17) is 0 Å². The summed E-state index contributed by atoms with van der Waals surface area (Å²) in [6.07, 6.45) is 8.35. The van der Waals surface area contributed by atoms with Gasteiger partial charge in [-0.3, -0.25) is 4.79 Å². The largest absolute Gasteiger partial charge is 0.311 e. The normalized spacial score (nSPS) is 16.2. The molecule has 5 rings (SSSR count). The maximum Gasteiger partial charge on any atom is 0.228 e. The van der Waals surface area contributed by atoms with Gasteiger partial charge in [0.2, 0.25) is 11.9 Å². The minimum Gasteiger partial charge on any atom is -0.311 e. The van der Waals surface area contributed by atoms with E-state index >= 15 is 0 Å². The zero-order valence-electron chi connectivity index (χ0n) is 20.4. The van der Waals surface area contributed by atoms with Gasteiger partial charge in [-0.25, -0.2) is 23.9 Å². The van der Waals surface area contributed by atoms with Crippen molar-refractivity contribution in [3.05, 3.63) is 60.7 Å². The number of nitrogens with zero attached hydrogens (tertiary/aromatic N) is 6. The van der Waals surface area contributed by atoms with Crippen LogP contribution < -0.4 is 15.5 Å². The van der Waals surface area contributed by atoms with Gasteiger partial charge >= 0.3 is 0 Å². The number of amides is 1. The Morgan fingerprint density at radius 1 is 1.17 bits per heavy atom. The van der Waals surface area contributed by atoms with E-state index in [9.17, 15) is 9.18 Å². The van der Waals surface area contributed by atoms with E-state index in [1.165, 1.54) is 5.56 Å². The summed E-state index contributed by atoms with van der Waals surface area (Å²) in [4.78, 5) is 27.8. The van der Waals surface area contributed by atoms with Gasteiger partial charge in [-0.05, 0) is 42.7 Å². The molecule has 0 bridgehead atoms. The third kappa shape index (κ3) is 5.03. The van der Waals surface area contributed by atoms with Gasteiger partial charge in [-0.1, -0.05) is 13.8 Å². The van der Waals surface area contributed by atoms with Crippen LogP contribution in [0.15, 0.2) is 55.1 Å². The summed E-state index contributed by atoms with van der Waals surface area (Å²) in [6.45, 7) is 4.72. The fourth-order valence-corrected chi connectivity index (χ4v) is 4.46. The van der Waals surface area contributed by atoms with Gasteiger partial charge in [0.05, 0.1) is 29.3 Å². The Kier molecular flexibility index (Phi) is 6.86. The number of halogens is 1. The quantitative estimate of drug-likeness (QED) is 0.385. The third-order valence-electron chi connectivity index (χ3n) is 6.37. The predicted molar refractivity (Wildman–Crippen MR) is 137 cm³/mol. The average molecular weight is 489 g/mol. The molecule has 9 nitrogen and oxygen atoms in total. The lowest BCUT2D eigenvalue weighted by Crippen LogP contribution is -2.46. The zero-order chi connectivity index (χ0) is 25.1. The van der Waals surface area contributed by atoms with Crippen LogP contribution in [0.1, 0.15) is 38.2 Å². The first kappa shape index (κ1) is 23.8. The van der Waals surface area contributed by atoms with Crippen LogP contribution in [0.4, 0.5) is 21.8 Å². The molecule has 2 N–H and O–H groups in total. The second-order valence-electron chi connectivity index (χ2n) is 9.17. The molecule has 0 aromatic carbocycles. The van der Waals surface area contributed by atoms with Crippen molar-refractivity contribution in [1.29, 1.82) is 0 Å². The lowest BCUT2D eigenvalue weighted by atomic mass is 10.0. The van der Waals surface area contributed by atoms with E-state index < -0.39 is 6.67 Å². The third-order valence-corrected chi connectivity index (χ3v) is 6.37. The molecule has 1 amide bonds. The number of aromatic nitrogens is 5. The van der Waals surface area contributed by atoms with Gasteiger partial charge in [0, 0.05) is 49.1 Å². The van der Waals surface area contributed by atoms with Crippen molar-refractivity contribution in [2.24, 2.45) is 0 Å². The smallest absolute Gasteiger partial charge is 0.228 e. The molecule has 186 valence electrons. The molecule has 36 heavy (non-hydrogen) atoms. The SMILES string of the molecule is CC(C)c1cnn2ccc(-c3ccnc(Nc4ccc(N5CCC(NCCF)CC5=O)cn4)n3)cc12. The lowest BCUT2D eigenvalue weighted by Gasteiger charge is -2.32. The predicted octanol–water partition coefficient (Wildman–Crippen LogP) is 4.11. The number of carbonyl (C=O) groups is 1. The first-order chi connectivity index (χ1) is 17.5. The number of anilines is 3. The molecule has 1 atom stereocenters. The second kappa shape index (κ2) is 10.4. The minimum absolute atomic E-state index is 0.00642. The van der Waals surface area contributed by atoms with E-state index in [-0.39, 0.29) is 18.5 Å². The Hall–Kier alpha value is -3.92. The standard InChI is InChI=1S/C26H29FN8O/c1-17(2)21-16-31-35-12-6-18(13-23(21)35)22-5-9-29-26(32-22)33-24-4-3-20(15-30-24)34-11-7-19(14-25(34)36)28-10-8-27/h3-6,9,12-13,15-17,19,28H,7-8,10-11,14H2,1-2H3,(H,29,30,32,33). The molecule has 0 saturated carbocycles. The van der Waals surface area contributed by atoms with Crippen molar-refractivity contribution in [1.82, 2.24) is 29.9 Å². The number of fused-ring (bicyclic) bond motifs is 1. The molecule has 0 radical (unpaired) electrons. The molecule has 5 heterocycles. The molecule has 1 aliphatic rings. The van der Waals surface area contributed by atoms with E-state index in [0.717, 1.165) is 28.9 Å². The van der Waals surface area contributed by atoms with Crippen molar-refractivity contribution < 1.29 is 9.18 Å². The molecule has 0 spiro atoms. The lowest BCUT2D eigenvalue weighted by molar-refractivity contribution is -0.120. The summed E-state index contributed by atoms with van der Waals surface area (Å²) >= 11 is 0. The number of hydrogen-bond acceptors (Lipinski definition) is 7. The van der Waals surface area contributed by atoms with E-state index in [1.807, 2.05) is 35.1 Å². The van der Waals surface area contributed by atoms with Crippen LogP contribution in [0.25, 0.3) is 16.8 Å². The van der Waals surface area contributed by atoms with E-state index in [2.05, 4.69) is 50.6 Å². The molecule has 4 aromatic rings. The molecule has 1 unspecified atom stereocenters. The van der Waals surface area contributed by atoms with Crippen molar-refractivity contribution in [3.8, 4) is 11.3 Å². The Balaban J connectivity index is 1.28. The second-order valence-corrected chi connectivity index (χ2v) is 9.17. The molecule has 0 aliphatic carbocycles. The summed E-state index contributed by atoms with van der Waals surface area (Å²) in [5, 5.41) is 10.7. The number of alkyl halides is 1. The average Bonchev–Trinajstić information content (AvgIpc) is 3.32. The van der Waals surface area contributed by atoms with E-state index in [1.54, 1.807) is 23.4 Å². The maximum absolute atomic E-state index is 12.6. The highest BCUT2D eigenvalue weighted by molar-refractivity contribution is 5.94. The molecule has 1 saturated heterocycles. The number of pyridine rings is 2. The molecule has 1 fully saturated rings. The molecule has 1 aliphatic heterocycles. The van der Waals surface area contributed by atoms with Crippen molar-refractivity contribution in [2.45, 2.75) is 38.6 Å². The molecule has 10 heteroatoms. The van der Waals surface area contributed by atoms with Crippen molar-refractivity contribution >= 4 is 28.9 Å². The Morgan fingerprint density at radius 2 is 2.06 bits per heavy atom. The number of carbonyl (C=O) groups excluding carboxylic acids is 1. The highest BCUT2D eigenvalue weighted by Gasteiger charge is 2.26. The van der Waals surface area contributed by atoms with Crippen LogP contribution in [0.3, 0.4) is 0 Å². The van der Waals surface area contributed by atoms with Crippen LogP contribution in [0.2, 0.25) is 0 Å². The summed E-state index contributed by atoms with van der Waals surface area (Å²) in [7, 11) is 0. The van der Waals surface area contributed by atoms with E-state index in [0.29, 0.717) is 30.6 Å². The van der Waals surface area contributed by atoms with Gasteiger partial charge in [-0.2, -0.15) is 5.10 Å². The topological polar surface area (TPSA) is 100 Å². The van der Waals surface area contributed by atoms with Gasteiger partial charge in [0.25, 0.3) is 0 Å². The number of hydrogen-bond donors (Lipinski definition) is 2. The molecular weight excluding hydrogens is 459 g/mol. The monoisotopic (exact) mass is 488 g/mol. The van der Waals surface area contributed by atoms with Gasteiger partial charge in [0.15, 0.2) is 0 Å². The number of nitrogens with one attached hydrogen (secondary N) is 2. The summed E-state index contributed by atoms with van der Waals surface area (Å²) < 4.78 is 14.3. The first-order valence-electron chi connectivity index (χ1n) is 12.2. The van der Waals surface area contributed by atoms with Crippen molar-refractivity contribution in [2.75, 3.05) is 30.0 Å².